The van der Waals surface area contributed by atoms with Crippen LogP contribution in [0.15, 0.2) is 24.3 Å². The molecule has 0 saturated carbocycles. The van der Waals surface area contributed by atoms with E-state index in [1.165, 1.54) is 5.56 Å². The largest absolute Gasteiger partial charge is 0.341 e. The van der Waals surface area contributed by atoms with Gasteiger partial charge in [0.15, 0.2) is 0 Å². The van der Waals surface area contributed by atoms with Gasteiger partial charge < -0.3 is 15.5 Å². The number of benzene rings is 1. The van der Waals surface area contributed by atoms with Crippen LogP contribution in [0, 0.1) is 6.92 Å². The predicted octanol–water partition coefficient (Wildman–Crippen LogP) is 1.55. The van der Waals surface area contributed by atoms with E-state index in [4.69, 9.17) is 5.73 Å². The molecule has 1 aromatic carbocycles. The van der Waals surface area contributed by atoms with Crippen molar-refractivity contribution in [2.24, 2.45) is 5.73 Å². The van der Waals surface area contributed by atoms with Crippen molar-refractivity contribution in [1.82, 2.24) is 9.80 Å². The first-order valence-corrected chi connectivity index (χ1v) is 7.26. The molecule has 1 amide bonds. The van der Waals surface area contributed by atoms with E-state index in [2.05, 4.69) is 11.9 Å². The summed E-state index contributed by atoms with van der Waals surface area (Å²) < 4.78 is 0. The monoisotopic (exact) mass is 275 g/mol. The third kappa shape index (κ3) is 3.38. The van der Waals surface area contributed by atoms with Gasteiger partial charge in [0.25, 0.3) is 0 Å². The van der Waals surface area contributed by atoms with Gasteiger partial charge in [0.1, 0.15) is 6.04 Å². The molecule has 2 rings (SSSR count). The number of aryl methyl sites for hydroxylation is 1. The van der Waals surface area contributed by atoms with E-state index < -0.39 is 6.04 Å². The number of carbonyl (C=O) groups excluding carboxylic acids is 1. The third-order valence-electron chi connectivity index (χ3n) is 4.29. The van der Waals surface area contributed by atoms with Crippen LogP contribution in [0.1, 0.15) is 30.0 Å². The van der Waals surface area contributed by atoms with Gasteiger partial charge in [0.2, 0.25) is 5.91 Å². The number of likely N-dealkylation sites (tertiary alicyclic amines) is 1. The minimum Gasteiger partial charge on any atom is -0.341 e. The van der Waals surface area contributed by atoms with Crippen molar-refractivity contribution >= 4 is 5.91 Å². The summed E-state index contributed by atoms with van der Waals surface area (Å²) in [5.41, 5.74) is 8.19. The van der Waals surface area contributed by atoms with Crippen LogP contribution in [-0.2, 0) is 4.79 Å². The highest BCUT2D eigenvalue weighted by Gasteiger charge is 2.27. The molecule has 4 nitrogen and oxygen atoms in total. The zero-order chi connectivity index (χ0) is 14.7. The second-order valence-electron chi connectivity index (χ2n) is 5.87. The molecule has 110 valence electrons. The first-order valence-electron chi connectivity index (χ1n) is 7.26. The molecule has 1 heterocycles. The Morgan fingerprint density at radius 1 is 1.30 bits per heavy atom. The molecule has 1 saturated heterocycles. The van der Waals surface area contributed by atoms with Crippen molar-refractivity contribution in [3.8, 4) is 0 Å². The van der Waals surface area contributed by atoms with Gasteiger partial charge in [-0.1, -0.05) is 29.8 Å². The molecule has 20 heavy (non-hydrogen) atoms. The summed E-state index contributed by atoms with van der Waals surface area (Å²) in [6.07, 6.45) is 2.05. The van der Waals surface area contributed by atoms with Crippen LogP contribution in [0.2, 0.25) is 0 Å². The molecule has 1 atom stereocenters. The van der Waals surface area contributed by atoms with Crippen molar-refractivity contribution in [1.29, 1.82) is 0 Å². The maximum Gasteiger partial charge on any atom is 0.244 e. The van der Waals surface area contributed by atoms with Gasteiger partial charge in [0, 0.05) is 13.1 Å². The van der Waals surface area contributed by atoms with Gasteiger partial charge >= 0.3 is 0 Å². The molecule has 1 aliphatic rings. The lowest BCUT2D eigenvalue weighted by Crippen LogP contribution is -2.47. The van der Waals surface area contributed by atoms with Crippen molar-refractivity contribution in [2.45, 2.75) is 31.8 Å². The second kappa shape index (κ2) is 6.37. The molecular weight excluding hydrogens is 250 g/mol. The number of hydrogen-bond acceptors (Lipinski definition) is 3. The molecule has 0 bridgehead atoms. The predicted molar refractivity (Wildman–Crippen MR) is 81.4 cm³/mol. The van der Waals surface area contributed by atoms with Crippen LogP contribution in [-0.4, -0.2) is 48.9 Å². The Balaban J connectivity index is 2.00. The molecule has 1 aromatic rings. The number of hydrogen-bond donors (Lipinski definition) is 1. The quantitative estimate of drug-likeness (QED) is 0.910. The Hall–Kier alpha value is -1.39. The summed E-state index contributed by atoms with van der Waals surface area (Å²) in [7, 11) is 4.00. The fourth-order valence-corrected chi connectivity index (χ4v) is 2.70. The van der Waals surface area contributed by atoms with Crippen molar-refractivity contribution in [2.75, 3.05) is 27.2 Å². The molecular formula is C16H25N3O. The van der Waals surface area contributed by atoms with E-state index in [0.29, 0.717) is 6.04 Å². The second-order valence-corrected chi connectivity index (χ2v) is 5.87. The minimum absolute atomic E-state index is 0.0170. The molecule has 0 spiro atoms. The Morgan fingerprint density at radius 2 is 1.85 bits per heavy atom. The first kappa shape index (κ1) is 15.0. The summed E-state index contributed by atoms with van der Waals surface area (Å²) in [4.78, 5) is 16.6. The Morgan fingerprint density at radius 3 is 2.40 bits per heavy atom. The molecule has 2 N–H and O–H groups in total. The van der Waals surface area contributed by atoms with Crippen LogP contribution in [0.25, 0.3) is 0 Å². The Kier molecular flexibility index (Phi) is 4.78. The zero-order valence-corrected chi connectivity index (χ0v) is 12.7. The summed E-state index contributed by atoms with van der Waals surface area (Å²) in [5.74, 6) is 0.0170. The summed E-state index contributed by atoms with van der Waals surface area (Å²) in [5, 5.41) is 0. The highest BCUT2D eigenvalue weighted by atomic mass is 16.2. The van der Waals surface area contributed by atoms with Gasteiger partial charge in [-0.15, -0.1) is 0 Å². The van der Waals surface area contributed by atoms with Crippen LogP contribution < -0.4 is 5.73 Å². The van der Waals surface area contributed by atoms with Crippen molar-refractivity contribution < 1.29 is 4.79 Å². The van der Waals surface area contributed by atoms with E-state index in [0.717, 1.165) is 31.5 Å². The maximum atomic E-state index is 12.5. The SMILES string of the molecule is Cc1ccc(C(N)C(=O)N(C)C2CCN(C)CC2)cc1. The van der Waals surface area contributed by atoms with E-state index in [-0.39, 0.29) is 5.91 Å². The number of nitrogens with two attached hydrogens (primary N) is 1. The van der Waals surface area contributed by atoms with E-state index in [1.54, 1.807) is 0 Å². The highest BCUT2D eigenvalue weighted by molar-refractivity contribution is 5.83. The minimum atomic E-state index is -0.555. The summed E-state index contributed by atoms with van der Waals surface area (Å²) in [6.45, 7) is 4.12. The van der Waals surface area contributed by atoms with Gasteiger partial charge in [-0.3, -0.25) is 4.79 Å². The lowest BCUT2D eigenvalue weighted by Gasteiger charge is -2.36. The van der Waals surface area contributed by atoms with Crippen LogP contribution in [0.4, 0.5) is 0 Å². The molecule has 0 radical (unpaired) electrons. The average molecular weight is 275 g/mol. The van der Waals surface area contributed by atoms with Crippen molar-refractivity contribution in [3.63, 3.8) is 0 Å². The van der Waals surface area contributed by atoms with Gasteiger partial charge in [-0.25, -0.2) is 0 Å². The van der Waals surface area contributed by atoms with E-state index in [9.17, 15) is 4.79 Å². The smallest absolute Gasteiger partial charge is 0.244 e. The summed E-state index contributed by atoms with van der Waals surface area (Å²) in [6, 6.07) is 7.65. The number of nitrogens with zero attached hydrogens (tertiary/aromatic N) is 2. The van der Waals surface area contributed by atoms with Crippen molar-refractivity contribution in [3.05, 3.63) is 35.4 Å². The van der Waals surface area contributed by atoms with Gasteiger partial charge in [-0.05, 0) is 45.5 Å². The Labute approximate surface area is 121 Å². The summed E-state index contributed by atoms with van der Waals surface area (Å²) >= 11 is 0. The van der Waals surface area contributed by atoms with Crippen LogP contribution in [0.3, 0.4) is 0 Å². The van der Waals surface area contributed by atoms with E-state index in [1.807, 2.05) is 43.1 Å². The van der Waals surface area contributed by atoms with E-state index >= 15 is 0 Å². The third-order valence-corrected chi connectivity index (χ3v) is 4.29. The average Bonchev–Trinajstić information content (AvgIpc) is 2.46. The van der Waals surface area contributed by atoms with Gasteiger partial charge in [-0.2, -0.15) is 0 Å². The fourth-order valence-electron chi connectivity index (χ4n) is 2.70. The molecule has 1 fully saturated rings. The maximum absolute atomic E-state index is 12.5. The number of rotatable bonds is 3. The van der Waals surface area contributed by atoms with Crippen LogP contribution in [0.5, 0.6) is 0 Å². The number of amides is 1. The molecule has 1 unspecified atom stereocenters. The van der Waals surface area contributed by atoms with Gasteiger partial charge in [0.05, 0.1) is 0 Å². The standard InChI is InChI=1S/C16H25N3O/c1-12-4-6-13(7-5-12)15(17)16(20)19(3)14-8-10-18(2)11-9-14/h4-7,14-15H,8-11,17H2,1-3H3. The number of carbonyl (C=O) groups is 1. The molecule has 1 aliphatic heterocycles. The first-order chi connectivity index (χ1) is 9.49. The number of likely N-dealkylation sites (N-methyl/N-ethyl adjacent to an activating group) is 1. The zero-order valence-electron chi connectivity index (χ0n) is 12.7. The number of piperidine rings is 1. The Bertz CT molecular complexity index is 449. The normalized spacial score (nSPS) is 18.8. The lowest BCUT2D eigenvalue weighted by atomic mass is 10.0. The topological polar surface area (TPSA) is 49.6 Å². The highest BCUT2D eigenvalue weighted by Crippen LogP contribution is 2.19. The molecule has 0 aromatic heterocycles. The lowest BCUT2D eigenvalue weighted by molar-refractivity contribution is -0.134. The van der Waals surface area contributed by atoms with Crippen LogP contribution >= 0.6 is 0 Å². The molecule has 4 heteroatoms. The molecule has 0 aliphatic carbocycles. The fraction of sp³-hybridized carbons (Fsp3) is 0.562.